The van der Waals surface area contributed by atoms with Crippen LogP contribution < -0.4 is 5.32 Å². The summed E-state index contributed by atoms with van der Waals surface area (Å²) in [4.78, 5) is 11.4. The largest absolute Gasteiger partial charge is 0.464 e. The zero-order chi connectivity index (χ0) is 10.7. The topological polar surface area (TPSA) is 42.2 Å². The number of benzene rings is 1. The molecule has 1 heterocycles. The van der Waals surface area contributed by atoms with E-state index in [0.717, 1.165) is 16.5 Å². The standard InChI is InChI=1S/C12H13NO2/c1-2-13-12(14)7-9-8-15-11-6-4-3-5-10(9)11/h3-6,8H,2,7H2,1H3,(H,13,14). The van der Waals surface area contributed by atoms with Crippen LogP contribution in [0.4, 0.5) is 0 Å². The summed E-state index contributed by atoms with van der Waals surface area (Å²) in [5.41, 5.74) is 1.77. The summed E-state index contributed by atoms with van der Waals surface area (Å²) < 4.78 is 5.35. The molecule has 3 nitrogen and oxygen atoms in total. The fourth-order valence-electron chi connectivity index (χ4n) is 1.60. The molecule has 0 bridgehead atoms. The smallest absolute Gasteiger partial charge is 0.224 e. The van der Waals surface area contributed by atoms with Gasteiger partial charge in [0, 0.05) is 17.5 Å². The van der Waals surface area contributed by atoms with Crippen LogP contribution in [0.1, 0.15) is 12.5 Å². The van der Waals surface area contributed by atoms with Gasteiger partial charge in [0.1, 0.15) is 5.58 Å². The summed E-state index contributed by atoms with van der Waals surface area (Å²) in [6.45, 7) is 2.57. The molecule has 0 saturated heterocycles. The minimum Gasteiger partial charge on any atom is -0.464 e. The minimum atomic E-state index is 0.0315. The second kappa shape index (κ2) is 4.17. The first-order valence-corrected chi connectivity index (χ1v) is 5.03. The normalized spacial score (nSPS) is 10.5. The highest BCUT2D eigenvalue weighted by Gasteiger charge is 2.08. The highest BCUT2D eigenvalue weighted by atomic mass is 16.3. The molecule has 2 rings (SSSR count). The molecule has 0 spiro atoms. The molecular weight excluding hydrogens is 190 g/mol. The Morgan fingerprint density at radius 2 is 2.20 bits per heavy atom. The Balaban J connectivity index is 2.25. The molecule has 1 N–H and O–H groups in total. The summed E-state index contributed by atoms with van der Waals surface area (Å²) >= 11 is 0. The van der Waals surface area contributed by atoms with E-state index in [4.69, 9.17) is 4.42 Å². The molecule has 0 fully saturated rings. The van der Waals surface area contributed by atoms with E-state index in [1.807, 2.05) is 31.2 Å². The van der Waals surface area contributed by atoms with Gasteiger partial charge < -0.3 is 9.73 Å². The molecule has 0 unspecified atom stereocenters. The van der Waals surface area contributed by atoms with E-state index in [2.05, 4.69) is 5.32 Å². The Morgan fingerprint density at radius 1 is 1.40 bits per heavy atom. The highest BCUT2D eigenvalue weighted by Crippen LogP contribution is 2.20. The first-order chi connectivity index (χ1) is 7.31. The lowest BCUT2D eigenvalue weighted by Gasteiger charge is -1.99. The van der Waals surface area contributed by atoms with E-state index in [0.29, 0.717) is 13.0 Å². The van der Waals surface area contributed by atoms with Gasteiger partial charge >= 0.3 is 0 Å². The number of carbonyl (C=O) groups excluding carboxylic acids is 1. The number of nitrogens with one attached hydrogen (secondary N) is 1. The van der Waals surface area contributed by atoms with Crippen molar-refractivity contribution in [1.29, 1.82) is 0 Å². The Labute approximate surface area is 88.1 Å². The van der Waals surface area contributed by atoms with Crippen molar-refractivity contribution in [3.63, 3.8) is 0 Å². The van der Waals surface area contributed by atoms with E-state index >= 15 is 0 Å². The molecule has 0 radical (unpaired) electrons. The van der Waals surface area contributed by atoms with Gasteiger partial charge in [0.25, 0.3) is 0 Å². The Bertz CT molecular complexity index is 473. The van der Waals surface area contributed by atoms with Crippen LogP contribution in [-0.4, -0.2) is 12.5 Å². The third-order valence-electron chi connectivity index (χ3n) is 2.29. The van der Waals surface area contributed by atoms with Crippen LogP contribution in [0.5, 0.6) is 0 Å². The molecule has 3 heteroatoms. The summed E-state index contributed by atoms with van der Waals surface area (Å²) in [6.07, 6.45) is 2.03. The summed E-state index contributed by atoms with van der Waals surface area (Å²) in [5.74, 6) is 0.0315. The number of furan rings is 1. The molecule has 1 aromatic carbocycles. The Morgan fingerprint density at radius 3 is 3.00 bits per heavy atom. The molecule has 1 amide bonds. The lowest BCUT2D eigenvalue weighted by atomic mass is 10.1. The summed E-state index contributed by atoms with van der Waals surface area (Å²) in [7, 11) is 0. The molecular formula is C12H13NO2. The third-order valence-corrected chi connectivity index (χ3v) is 2.29. The zero-order valence-electron chi connectivity index (χ0n) is 8.62. The molecule has 1 aromatic heterocycles. The van der Waals surface area contributed by atoms with E-state index < -0.39 is 0 Å². The molecule has 0 aliphatic carbocycles. The maximum atomic E-state index is 11.4. The fraction of sp³-hybridized carbons (Fsp3) is 0.250. The van der Waals surface area contributed by atoms with E-state index in [-0.39, 0.29) is 5.91 Å². The van der Waals surface area contributed by atoms with Gasteiger partial charge in [0.05, 0.1) is 12.7 Å². The second-order valence-electron chi connectivity index (χ2n) is 3.39. The zero-order valence-corrected chi connectivity index (χ0v) is 8.62. The van der Waals surface area contributed by atoms with Crippen LogP contribution in [0.3, 0.4) is 0 Å². The number of likely N-dealkylation sites (N-methyl/N-ethyl adjacent to an activating group) is 1. The number of para-hydroxylation sites is 1. The Hall–Kier alpha value is -1.77. The van der Waals surface area contributed by atoms with Gasteiger partial charge in [-0.05, 0) is 13.0 Å². The lowest BCUT2D eigenvalue weighted by Crippen LogP contribution is -2.24. The van der Waals surface area contributed by atoms with Crippen LogP contribution in [0.25, 0.3) is 11.0 Å². The highest BCUT2D eigenvalue weighted by molar-refractivity contribution is 5.87. The molecule has 0 saturated carbocycles. The van der Waals surface area contributed by atoms with Gasteiger partial charge in [-0.2, -0.15) is 0 Å². The maximum Gasteiger partial charge on any atom is 0.224 e. The fourth-order valence-corrected chi connectivity index (χ4v) is 1.60. The predicted molar refractivity (Wildman–Crippen MR) is 58.6 cm³/mol. The minimum absolute atomic E-state index is 0.0315. The van der Waals surface area contributed by atoms with Gasteiger partial charge in [-0.3, -0.25) is 4.79 Å². The molecule has 0 atom stereocenters. The number of rotatable bonds is 3. The average Bonchev–Trinajstić information content (AvgIpc) is 2.62. The second-order valence-corrected chi connectivity index (χ2v) is 3.39. The van der Waals surface area contributed by atoms with Crippen LogP contribution in [0.2, 0.25) is 0 Å². The summed E-state index contributed by atoms with van der Waals surface area (Å²) in [6, 6.07) is 7.73. The number of hydrogen-bond acceptors (Lipinski definition) is 2. The van der Waals surface area contributed by atoms with Crippen LogP contribution >= 0.6 is 0 Å². The molecule has 2 aromatic rings. The first kappa shape index (κ1) is 9.77. The average molecular weight is 203 g/mol. The van der Waals surface area contributed by atoms with Gasteiger partial charge in [0.15, 0.2) is 0 Å². The van der Waals surface area contributed by atoms with Crippen molar-refractivity contribution >= 4 is 16.9 Å². The monoisotopic (exact) mass is 203 g/mol. The molecule has 15 heavy (non-hydrogen) atoms. The first-order valence-electron chi connectivity index (χ1n) is 5.03. The summed E-state index contributed by atoms with van der Waals surface area (Å²) in [5, 5.41) is 3.79. The maximum absolute atomic E-state index is 11.4. The van der Waals surface area contributed by atoms with Crippen molar-refractivity contribution in [2.24, 2.45) is 0 Å². The van der Waals surface area contributed by atoms with Gasteiger partial charge in [-0.1, -0.05) is 18.2 Å². The quantitative estimate of drug-likeness (QED) is 0.830. The van der Waals surface area contributed by atoms with Gasteiger partial charge in [-0.15, -0.1) is 0 Å². The van der Waals surface area contributed by atoms with Gasteiger partial charge in [0.2, 0.25) is 5.91 Å². The van der Waals surface area contributed by atoms with Crippen molar-refractivity contribution in [2.75, 3.05) is 6.54 Å². The molecule has 78 valence electrons. The Kier molecular flexibility index (Phi) is 2.72. The molecule has 0 aliphatic heterocycles. The lowest BCUT2D eigenvalue weighted by molar-refractivity contribution is -0.120. The van der Waals surface area contributed by atoms with Crippen molar-refractivity contribution in [2.45, 2.75) is 13.3 Å². The molecule has 0 aliphatic rings. The number of amides is 1. The van der Waals surface area contributed by atoms with Crippen molar-refractivity contribution < 1.29 is 9.21 Å². The third kappa shape index (κ3) is 2.01. The number of hydrogen-bond donors (Lipinski definition) is 1. The van der Waals surface area contributed by atoms with Crippen molar-refractivity contribution in [1.82, 2.24) is 5.32 Å². The number of carbonyl (C=O) groups is 1. The van der Waals surface area contributed by atoms with Crippen LogP contribution in [0, 0.1) is 0 Å². The van der Waals surface area contributed by atoms with E-state index in [1.165, 1.54) is 0 Å². The van der Waals surface area contributed by atoms with Crippen molar-refractivity contribution in [3.05, 3.63) is 36.1 Å². The number of fused-ring (bicyclic) bond motifs is 1. The predicted octanol–water partition coefficient (Wildman–Crippen LogP) is 2.11. The van der Waals surface area contributed by atoms with Gasteiger partial charge in [-0.25, -0.2) is 0 Å². The van der Waals surface area contributed by atoms with Crippen LogP contribution in [-0.2, 0) is 11.2 Å². The van der Waals surface area contributed by atoms with E-state index in [1.54, 1.807) is 6.26 Å². The van der Waals surface area contributed by atoms with Crippen LogP contribution in [0.15, 0.2) is 34.9 Å². The SMILES string of the molecule is CCNC(=O)Cc1coc2ccccc12. The van der Waals surface area contributed by atoms with Crippen molar-refractivity contribution in [3.8, 4) is 0 Å². The van der Waals surface area contributed by atoms with E-state index in [9.17, 15) is 4.79 Å².